The summed E-state index contributed by atoms with van der Waals surface area (Å²) >= 11 is 0. The summed E-state index contributed by atoms with van der Waals surface area (Å²) < 4.78 is 0. The molecular weight excluding hydrogens is 234 g/mol. The first-order valence-electron chi connectivity index (χ1n) is 6.67. The average Bonchev–Trinajstić information content (AvgIpc) is 2.48. The molecule has 0 radical (unpaired) electrons. The Kier molecular flexibility index (Phi) is 4.67. The molecule has 2 rings (SSSR count). The number of benzene rings is 2. The van der Waals surface area contributed by atoms with Crippen molar-refractivity contribution in [2.75, 3.05) is 5.43 Å². The molecule has 0 atom stereocenters. The Labute approximate surface area is 114 Å². The van der Waals surface area contributed by atoms with E-state index in [9.17, 15) is 0 Å². The third-order valence-corrected chi connectivity index (χ3v) is 3.09. The topological polar surface area (TPSA) is 36.8 Å². The zero-order valence-electron chi connectivity index (χ0n) is 11.4. The predicted molar refractivity (Wildman–Crippen MR) is 79.8 cm³/mol. The summed E-state index contributed by atoms with van der Waals surface area (Å²) in [6.45, 7) is 4.32. The van der Waals surface area contributed by atoms with Crippen LogP contribution in [0.15, 0.2) is 58.9 Å². The zero-order chi connectivity index (χ0) is 13.5. The van der Waals surface area contributed by atoms with E-state index in [0.717, 1.165) is 24.2 Å². The Bertz CT molecular complexity index is 547. The summed E-state index contributed by atoms with van der Waals surface area (Å²) in [7, 11) is 0. The SMILES string of the molecule is CCc1cccc(N=NNc2ccccc2)c1CC. The molecule has 2 aromatic rings. The van der Waals surface area contributed by atoms with Crippen molar-refractivity contribution in [1.82, 2.24) is 0 Å². The highest BCUT2D eigenvalue weighted by molar-refractivity contribution is 5.50. The molecule has 0 aliphatic rings. The van der Waals surface area contributed by atoms with Gasteiger partial charge in [0.2, 0.25) is 0 Å². The van der Waals surface area contributed by atoms with E-state index in [0.29, 0.717) is 0 Å². The van der Waals surface area contributed by atoms with Crippen molar-refractivity contribution in [2.45, 2.75) is 26.7 Å². The van der Waals surface area contributed by atoms with Gasteiger partial charge in [-0.25, -0.2) is 0 Å². The summed E-state index contributed by atoms with van der Waals surface area (Å²) in [4.78, 5) is 0. The van der Waals surface area contributed by atoms with E-state index in [1.54, 1.807) is 0 Å². The van der Waals surface area contributed by atoms with Crippen molar-refractivity contribution in [3.8, 4) is 0 Å². The number of anilines is 1. The van der Waals surface area contributed by atoms with Crippen molar-refractivity contribution >= 4 is 11.4 Å². The molecular formula is C16H19N3. The van der Waals surface area contributed by atoms with Crippen LogP contribution in [0.3, 0.4) is 0 Å². The largest absolute Gasteiger partial charge is 0.260 e. The van der Waals surface area contributed by atoms with Crippen LogP contribution in [0.4, 0.5) is 11.4 Å². The molecule has 98 valence electrons. The lowest BCUT2D eigenvalue weighted by molar-refractivity contribution is 1.02. The fraction of sp³-hybridized carbons (Fsp3) is 0.250. The smallest absolute Gasteiger partial charge is 0.0908 e. The number of rotatable bonds is 5. The van der Waals surface area contributed by atoms with E-state index in [1.807, 2.05) is 42.5 Å². The van der Waals surface area contributed by atoms with Gasteiger partial charge in [0.05, 0.1) is 11.4 Å². The van der Waals surface area contributed by atoms with Crippen LogP contribution in [0.2, 0.25) is 0 Å². The van der Waals surface area contributed by atoms with E-state index in [2.05, 4.69) is 35.7 Å². The first-order chi connectivity index (χ1) is 9.35. The van der Waals surface area contributed by atoms with Crippen LogP contribution in [0.5, 0.6) is 0 Å². The van der Waals surface area contributed by atoms with E-state index in [4.69, 9.17) is 0 Å². The highest BCUT2D eigenvalue weighted by Gasteiger charge is 2.04. The molecule has 0 spiro atoms. The molecule has 0 aromatic heterocycles. The summed E-state index contributed by atoms with van der Waals surface area (Å²) in [5.74, 6) is 0. The van der Waals surface area contributed by atoms with Gasteiger partial charge in [-0.3, -0.25) is 5.43 Å². The molecule has 0 fully saturated rings. The number of para-hydroxylation sites is 1. The van der Waals surface area contributed by atoms with Crippen LogP contribution in [0.25, 0.3) is 0 Å². The van der Waals surface area contributed by atoms with Crippen LogP contribution in [0.1, 0.15) is 25.0 Å². The van der Waals surface area contributed by atoms with Gasteiger partial charge in [-0.1, -0.05) is 49.4 Å². The fourth-order valence-corrected chi connectivity index (χ4v) is 2.10. The third-order valence-electron chi connectivity index (χ3n) is 3.09. The zero-order valence-corrected chi connectivity index (χ0v) is 11.4. The van der Waals surface area contributed by atoms with Crippen molar-refractivity contribution < 1.29 is 0 Å². The number of aryl methyl sites for hydroxylation is 1. The minimum Gasteiger partial charge on any atom is -0.260 e. The van der Waals surface area contributed by atoms with Crippen molar-refractivity contribution in [2.24, 2.45) is 10.3 Å². The maximum absolute atomic E-state index is 4.29. The molecule has 0 bridgehead atoms. The Morgan fingerprint density at radius 1 is 0.895 bits per heavy atom. The molecule has 2 aromatic carbocycles. The molecule has 1 N–H and O–H groups in total. The van der Waals surface area contributed by atoms with Crippen LogP contribution in [-0.2, 0) is 12.8 Å². The van der Waals surface area contributed by atoms with Gasteiger partial charge in [0.1, 0.15) is 0 Å². The maximum atomic E-state index is 4.29. The number of hydrogen-bond acceptors (Lipinski definition) is 2. The van der Waals surface area contributed by atoms with Crippen LogP contribution < -0.4 is 5.43 Å². The van der Waals surface area contributed by atoms with Gasteiger partial charge in [-0.2, -0.15) is 0 Å². The van der Waals surface area contributed by atoms with Crippen molar-refractivity contribution in [3.63, 3.8) is 0 Å². The van der Waals surface area contributed by atoms with Gasteiger partial charge in [0.15, 0.2) is 0 Å². The molecule has 0 heterocycles. The molecule has 0 amide bonds. The fourth-order valence-electron chi connectivity index (χ4n) is 2.10. The summed E-state index contributed by atoms with van der Waals surface area (Å²) in [5.41, 5.74) is 7.46. The second-order valence-electron chi connectivity index (χ2n) is 4.30. The number of nitrogens with one attached hydrogen (secondary N) is 1. The molecule has 0 aliphatic heterocycles. The standard InChI is InChI=1S/C16H19N3/c1-3-13-9-8-12-16(15(13)4-2)18-19-17-14-10-6-5-7-11-14/h5-12H,3-4H2,1-2H3,(H,17,18). The second-order valence-corrected chi connectivity index (χ2v) is 4.30. The molecule has 0 saturated carbocycles. The molecule has 0 unspecified atom stereocenters. The lowest BCUT2D eigenvalue weighted by Crippen LogP contribution is -1.91. The second kappa shape index (κ2) is 6.69. The van der Waals surface area contributed by atoms with Crippen LogP contribution >= 0.6 is 0 Å². The van der Waals surface area contributed by atoms with Crippen LogP contribution in [0, 0.1) is 0 Å². The number of hydrogen-bond donors (Lipinski definition) is 1. The Hall–Kier alpha value is -2.16. The highest BCUT2D eigenvalue weighted by atomic mass is 15.4. The highest BCUT2D eigenvalue weighted by Crippen LogP contribution is 2.24. The number of nitrogens with zero attached hydrogens (tertiary/aromatic N) is 2. The predicted octanol–water partition coefficient (Wildman–Crippen LogP) is 4.92. The summed E-state index contributed by atoms with van der Waals surface area (Å²) in [5, 5.41) is 8.37. The van der Waals surface area contributed by atoms with E-state index in [1.165, 1.54) is 11.1 Å². The molecule has 0 saturated heterocycles. The van der Waals surface area contributed by atoms with Gasteiger partial charge in [-0.15, -0.1) is 5.11 Å². The maximum Gasteiger partial charge on any atom is 0.0908 e. The van der Waals surface area contributed by atoms with Gasteiger partial charge < -0.3 is 0 Å². The van der Waals surface area contributed by atoms with Gasteiger partial charge in [-0.05, 0) is 42.2 Å². The molecule has 0 aliphatic carbocycles. The Balaban J connectivity index is 2.15. The van der Waals surface area contributed by atoms with Gasteiger partial charge in [0, 0.05) is 0 Å². The average molecular weight is 253 g/mol. The van der Waals surface area contributed by atoms with E-state index >= 15 is 0 Å². The normalized spacial score (nSPS) is 10.8. The third kappa shape index (κ3) is 3.41. The van der Waals surface area contributed by atoms with E-state index < -0.39 is 0 Å². The Morgan fingerprint density at radius 3 is 2.37 bits per heavy atom. The van der Waals surface area contributed by atoms with Gasteiger partial charge >= 0.3 is 0 Å². The van der Waals surface area contributed by atoms with Crippen molar-refractivity contribution in [1.29, 1.82) is 0 Å². The molecule has 19 heavy (non-hydrogen) atoms. The lowest BCUT2D eigenvalue weighted by atomic mass is 10.0. The van der Waals surface area contributed by atoms with E-state index in [-0.39, 0.29) is 0 Å². The van der Waals surface area contributed by atoms with Crippen molar-refractivity contribution in [3.05, 3.63) is 59.7 Å². The lowest BCUT2D eigenvalue weighted by Gasteiger charge is -2.07. The summed E-state index contributed by atoms with van der Waals surface area (Å²) in [6, 6.07) is 16.0. The van der Waals surface area contributed by atoms with Crippen LogP contribution in [-0.4, -0.2) is 0 Å². The Morgan fingerprint density at radius 2 is 1.68 bits per heavy atom. The molecule has 3 heteroatoms. The molecule has 3 nitrogen and oxygen atoms in total. The van der Waals surface area contributed by atoms with Gasteiger partial charge in [0.25, 0.3) is 0 Å². The minimum atomic E-state index is 0.941. The first kappa shape index (κ1) is 13.3. The first-order valence-corrected chi connectivity index (χ1v) is 6.67. The quantitative estimate of drug-likeness (QED) is 0.595. The minimum absolute atomic E-state index is 0.941. The summed E-state index contributed by atoms with van der Waals surface area (Å²) in [6.07, 6.45) is 2.00. The monoisotopic (exact) mass is 253 g/mol.